The first-order valence-electron chi connectivity index (χ1n) is 11.5. The molecule has 0 saturated carbocycles. The molecule has 1 aromatic heterocycles. The fourth-order valence-corrected chi connectivity index (χ4v) is 3.49. The summed E-state index contributed by atoms with van der Waals surface area (Å²) in [5.41, 5.74) is 3.50. The fourth-order valence-electron chi connectivity index (χ4n) is 3.19. The van der Waals surface area contributed by atoms with E-state index in [4.69, 9.17) is 16.3 Å². The summed E-state index contributed by atoms with van der Waals surface area (Å²) in [5, 5.41) is 9.43. The topological polar surface area (TPSA) is 79.7 Å². The van der Waals surface area contributed by atoms with Gasteiger partial charge in [-0.05, 0) is 43.5 Å². The average molecular weight is 472 g/mol. The molecule has 2 heterocycles. The number of nitrogens with one attached hydrogen (secondary N) is 1. The molecule has 0 unspecified atom stereocenters. The van der Waals surface area contributed by atoms with Gasteiger partial charge in [0.15, 0.2) is 5.82 Å². The second kappa shape index (κ2) is 12.9. The van der Waals surface area contributed by atoms with E-state index in [1.165, 1.54) is 0 Å². The van der Waals surface area contributed by atoms with E-state index in [-0.39, 0.29) is 5.91 Å². The molecule has 3 rings (SSSR count). The number of carbonyl (C=O) groups excluding carboxylic acids is 1. The zero-order chi connectivity index (χ0) is 24.4. The standard InChI is InChI=1S/C23H28ClN5O2.C2H6/c1-5-7-12-31-21-17(6-2)13-18(14-19(21)24)22-25-9-8-20(27-22)15(3)28-29-11-10-26-23(30)16(29)4;1-2/h8-9,13-14H,4-7,10-12H2,1-3H3,(H,26,30);1-2H3/b28-15+;. The van der Waals surface area contributed by atoms with E-state index < -0.39 is 0 Å². The van der Waals surface area contributed by atoms with Gasteiger partial charge >= 0.3 is 0 Å². The highest BCUT2D eigenvalue weighted by Crippen LogP contribution is 2.34. The van der Waals surface area contributed by atoms with Crippen molar-refractivity contribution in [3.63, 3.8) is 0 Å². The van der Waals surface area contributed by atoms with Crippen LogP contribution in [0.25, 0.3) is 11.4 Å². The molecule has 1 aliphatic rings. The minimum absolute atomic E-state index is 0.214. The molecule has 7 nitrogen and oxygen atoms in total. The lowest BCUT2D eigenvalue weighted by molar-refractivity contribution is -0.120. The molecule has 0 bridgehead atoms. The summed E-state index contributed by atoms with van der Waals surface area (Å²) >= 11 is 6.54. The van der Waals surface area contributed by atoms with Crippen LogP contribution in [0.1, 0.15) is 58.7 Å². The summed E-state index contributed by atoms with van der Waals surface area (Å²) < 4.78 is 5.92. The Labute approximate surface area is 201 Å². The molecule has 8 heteroatoms. The number of benzene rings is 1. The Kier molecular flexibility index (Phi) is 10.3. The zero-order valence-corrected chi connectivity index (χ0v) is 21.0. The van der Waals surface area contributed by atoms with Crippen molar-refractivity contribution in [2.75, 3.05) is 19.7 Å². The Hall–Kier alpha value is -2.93. The Morgan fingerprint density at radius 3 is 2.79 bits per heavy atom. The molecule has 0 spiro atoms. The van der Waals surface area contributed by atoms with E-state index >= 15 is 0 Å². The van der Waals surface area contributed by atoms with Gasteiger partial charge in [0.25, 0.3) is 5.91 Å². The molecule has 0 aliphatic carbocycles. The maximum absolute atomic E-state index is 11.8. The van der Waals surface area contributed by atoms with Crippen LogP contribution in [0.5, 0.6) is 5.75 Å². The number of hydrogen-bond donors (Lipinski definition) is 1. The third kappa shape index (κ3) is 6.78. The highest BCUT2D eigenvalue weighted by atomic mass is 35.5. The van der Waals surface area contributed by atoms with Gasteiger partial charge < -0.3 is 10.1 Å². The molecular weight excluding hydrogens is 438 g/mol. The lowest BCUT2D eigenvalue weighted by Gasteiger charge is -2.26. The lowest BCUT2D eigenvalue weighted by Crippen LogP contribution is -2.43. The number of carbonyl (C=O) groups is 1. The number of aromatic nitrogens is 2. The van der Waals surface area contributed by atoms with E-state index in [0.29, 0.717) is 47.6 Å². The fraction of sp³-hybridized carbons (Fsp3) is 0.440. The summed E-state index contributed by atoms with van der Waals surface area (Å²) in [6.07, 6.45) is 4.53. The van der Waals surface area contributed by atoms with Crippen LogP contribution in [-0.2, 0) is 11.2 Å². The summed E-state index contributed by atoms with van der Waals surface area (Å²) in [6.45, 7) is 15.6. The van der Waals surface area contributed by atoms with Gasteiger partial charge in [0.1, 0.15) is 11.4 Å². The van der Waals surface area contributed by atoms with Crippen molar-refractivity contribution in [1.29, 1.82) is 0 Å². The molecule has 1 saturated heterocycles. The first-order valence-corrected chi connectivity index (χ1v) is 11.9. The molecule has 1 aliphatic heterocycles. The van der Waals surface area contributed by atoms with Crippen molar-refractivity contribution in [1.82, 2.24) is 20.3 Å². The van der Waals surface area contributed by atoms with Crippen LogP contribution in [0.2, 0.25) is 5.02 Å². The second-order valence-corrected chi connectivity index (χ2v) is 7.69. The van der Waals surface area contributed by atoms with Gasteiger partial charge in [-0.2, -0.15) is 5.10 Å². The van der Waals surface area contributed by atoms with Crippen LogP contribution in [-0.4, -0.2) is 46.3 Å². The number of piperazine rings is 1. The Morgan fingerprint density at radius 1 is 1.33 bits per heavy atom. The van der Waals surface area contributed by atoms with E-state index in [9.17, 15) is 4.79 Å². The number of nitrogens with zero attached hydrogens (tertiary/aromatic N) is 4. The van der Waals surface area contributed by atoms with Crippen LogP contribution in [0, 0.1) is 0 Å². The molecule has 1 N–H and O–H groups in total. The number of unbranched alkanes of at least 4 members (excludes halogenated alkanes) is 1. The Morgan fingerprint density at radius 2 is 2.09 bits per heavy atom. The van der Waals surface area contributed by atoms with Crippen molar-refractivity contribution >= 4 is 23.2 Å². The maximum atomic E-state index is 11.8. The lowest BCUT2D eigenvalue weighted by atomic mass is 10.1. The van der Waals surface area contributed by atoms with E-state index in [1.807, 2.05) is 32.9 Å². The highest BCUT2D eigenvalue weighted by Gasteiger charge is 2.20. The predicted molar refractivity (Wildman–Crippen MR) is 135 cm³/mol. The monoisotopic (exact) mass is 471 g/mol. The molecule has 1 aromatic carbocycles. The van der Waals surface area contributed by atoms with Gasteiger partial charge in [0.2, 0.25) is 0 Å². The van der Waals surface area contributed by atoms with Crippen LogP contribution in [0.3, 0.4) is 0 Å². The van der Waals surface area contributed by atoms with Crippen LogP contribution in [0.4, 0.5) is 0 Å². The summed E-state index contributed by atoms with van der Waals surface area (Å²) in [6, 6.07) is 5.65. The maximum Gasteiger partial charge on any atom is 0.268 e. The van der Waals surface area contributed by atoms with E-state index in [1.54, 1.807) is 17.3 Å². The summed E-state index contributed by atoms with van der Waals surface area (Å²) in [4.78, 5) is 20.9. The zero-order valence-electron chi connectivity index (χ0n) is 20.2. The molecule has 178 valence electrons. The predicted octanol–water partition coefficient (Wildman–Crippen LogP) is 5.23. The van der Waals surface area contributed by atoms with Crippen molar-refractivity contribution in [3.05, 3.63) is 53.0 Å². The molecule has 1 fully saturated rings. The largest absolute Gasteiger partial charge is 0.492 e. The third-order valence-corrected chi connectivity index (χ3v) is 5.26. The van der Waals surface area contributed by atoms with Crippen molar-refractivity contribution in [3.8, 4) is 17.1 Å². The quantitative estimate of drug-likeness (QED) is 0.324. The number of aryl methyl sites for hydroxylation is 1. The van der Waals surface area contributed by atoms with Crippen molar-refractivity contribution in [2.45, 2.75) is 53.9 Å². The van der Waals surface area contributed by atoms with Crippen molar-refractivity contribution < 1.29 is 9.53 Å². The first kappa shape index (κ1) is 26.3. The highest BCUT2D eigenvalue weighted by molar-refractivity contribution is 6.32. The van der Waals surface area contributed by atoms with E-state index in [2.05, 4.69) is 40.8 Å². The molecule has 0 atom stereocenters. The van der Waals surface area contributed by atoms with Crippen LogP contribution >= 0.6 is 11.6 Å². The molecule has 0 radical (unpaired) electrons. The number of rotatable bonds is 8. The van der Waals surface area contributed by atoms with Crippen LogP contribution < -0.4 is 10.1 Å². The van der Waals surface area contributed by atoms with E-state index in [0.717, 1.165) is 36.1 Å². The Balaban J connectivity index is 0.00000187. The van der Waals surface area contributed by atoms with Gasteiger partial charge in [0.05, 0.1) is 29.6 Å². The molecular formula is C25H34ClN5O2. The molecule has 1 amide bonds. The van der Waals surface area contributed by atoms with Gasteiger partial charge in [-0.3, -0.25) is 9.80 Å². The van der Waals surface area contributed by atoms with Gasteiger partial charge in [-0.25, -0.2) is 9.97 Å². The second-order valence-electron chi connectivity index (χ2n) is 7.28. The number of ether oxygens (including phenoxy) is 1. The molecule has 2 aromatic rings. The first-order chi connectivity index (χ1) is 15.9. The smallest absolute Gasteiger partial charge is 0.268 e. The summed E-state index contributed by atoms with van der Waals surface area (Å²) in [5.74, 6) is 1.07. The number of halogens is 1. The third-order valence-electron chi connectivity index (χ3n) is 4.98. The van der Waals surface area contributed by atoms with Gasteiger partial charge in [0, 0.05) is 18.3 Å². The van der Waals surface area contributed by atoms with Gasteiger partial charge in [-0.15, -0.1) is 0 Å². The SMILES string of the molecule is C=C1C(=O)NCCN1/N=C(\C)c1ccnc(-c2cc(Cl)c(OCCCC)c(CC)c2)n1.CC. The number of hydrogen-bond acceptors (Lipinski definition) is 6. The summed E-state index contributed by atoms with van der Waals surface area (Å²) in [7, 11) is 0. The van der Waals surface area contributed by atoms with Gasteiger partial charge in [-0.1, -0.05) is 52.3 Å². The Bertz CT molecular complexity index is 1010. The minimum Gasteiger partial charge on any atom is -0.492 e. The number of hydrazone groups is 1. The molecule has 33 heavy (non-hydrogen) atoms. The van der Waals surface area contributed by atoms with Crippen LogP contribution in [0.15, 0.2) is 41.8 Å². The van der Waals surface area contributed by atoms with Crippen molar-refractivity contribution in [2.24, 2.45) is 5.10 Å². The minimum atomic E-state index is -0.214. The number of amides is 1. The normalized spacial score (nSPS) is 13.9. The average Bonchev–Trinajstić information content (AvgIpc) is 2.84.